The first kappa shape index (κ1) is 22.8. The summed E-state index contributed by atoms with van der Waals surface area (Å²) in [5, 5.41) is 0.737. The second-order valence-corrected chi connectivity index (χ2v) is 9.38. The molecule has 0 aliphatic carbocycles. The topological polar surface area (TPSA) is 42.0 Å². The first-order valence-corrected chi connectivity index (χ1v) is 12.0. The molecule has 0 radical (unpaired) electrons. The van der Waals surface area contributed by atoms with E-state index in [1.165, 1.54) is 16.7 Å². The molecular formula is C28H29ClN2O3. The van der Waals surface area contributed by atoms with Crippen LogP contribution in [0.5, 0.6) is 11.5 Å². The quantitative estimate of drug-likeness (QED) is 0.527. The highest BCUT2D eigenvalue weighted by Gasteiger charge is 2.35. The molecule has 0 spiro atoms. The monoisotopic (exact) mass is 476 g/mol. The Hall–Kier alpha value is -3.02. The molecule has 3 aromatic rings. The first-order chi connectivity index (χ1) is 16.6. The number of ether oxygens (including phenoxy) is 2. The van der Waals surface area contributed by atoms with Crippen LogP contribution in [0.3, 0.4) is 0 Å². The van der Waals surface area contributed by atoms with Gasteiger partial charge in [0.05, 0.1) is 20.3 Å². The van der Waals surface area contributed by atoms with Crippen molar-refractivity contribution in [2.75, 3.05) is 20.8 Å². The number of rotatable bonds is 5. The number of halogens is 1. The highest BCUT2D eigenvalue weighted by atomic mass is 35.5. The van der Waals surface area contributed by atoms with Gasteiger partial charge in [-0.15, -0.1) is 0 Å². The zero-order valence-electron chi connectivity index (χ0n) is 19.6. The summed E-state index contributed by atoms with van der Waals surface area (Å²) in [5.74, 6) is 1.60. The predicted molar refractivity (Wildman–Crippen MR) is 133 cm³/mol. The van der Waals surface area contributed by atoms with Crippen LogP contribution in [0.25, 0.3) is 0 Å². The van der Waals surface area contributed by atoms with Crippen LogP contribution in [0.4, 0.5) is 0 Å². The van der Waals surface area contributed by atoms with Crippen molar-refractivity contribution in [2.24, 2.45) is 0 Å². The van der Waals surface area contributed by atoms with E-state index in [2.05, 4.69) is 29.2 Å². The Balaban J connectivity index is 1.42. The lowest BCUT2D eigenvalue weighted by Crippen LogP contribution is -2.52. The number of carbonyl (C=O) groups is 1. The van der Waals surface area contributed by atoms with E-state index >= 15 is 0 Å². The number of hydrogen-bond acceptors (Lipinski definition) is 4. The Bertz CT molecular complexity index is 1210. The Morgan fingerprint density at radius 2 is 1.59 bits per heavy atom. The Morgan fingerprint density at radius 3 is 2.32 bits per heavy atom. The average Bonchev–Trinajstić information content (AvgIpc) is 2.88. The Morgan fingerprint density at radius 1 is 0.912 bits per heavy atom. The molecule has 3 aromatic carbocycles. The summed E-state index contributed by atoms with van der Waals surface area (Å²) in [6.45, 7) is 2.64. The molecule has 0 unspecified atom stereocenters. The number of benzene rings is 3. The normalized spacial score (nSPS) is 17.6. The van der Waals surface area contributed by atoms with Gasteiger partial charge in [-0.2, -0.15) is 0 Å². The fourth-order valence-corrected chi connectivity index (χ4v) is 5.31. The molecule has 5 rings (SSSR count). The fraction of sp³-hybridized carbons (Fsp3) is 0.321. The Labute approximate surface area is 205 Å². The SMILES string of the molecule is COc1cc2c(cc1OC)CN(C(=O)[C@@H]1Cc3ccccc3CN1Cc1ccccc1Cl)CC2. The van der Waals surface area contributed by atoms with Crippen molar-refractivity contribution in [3.63, 3.8) is 0 Å². The van der Waals surface area contributed by atoms with Gasteiger partial charge in [-0.3, -0.25) is 9.69 Å². The zero-order chi connectivity index (χ0) is 23.7. The zero-order valence-corrected chi connectivity index (χ0v) is 20.3. The van der Waals surface area contributed by atoms with Gasteiger partial charge in [0.15, 0.2) is 11.5 Å². The molecule has 2 aliphatic rings. The first-order valence-electron chi connectivity index (χ1n) is 11.6. The lowest BCUT2D eigenvalue weighted by Gasteiger charge is -2.40. The highest BCUT2D eigenvalue weighted by Crippen LogP contribution is 2.34. The summed E-state index contributed by atoms with van der Waals surface area (Å²) >= 11 is 6.49. The van der Waals surface area contributed by atoms with Crippen molar-refractivity contribution in [3.05, 3.63) is 93.5 Å². The molecule has 0 saturated carbocycles. The molecular weight excluding hydrogens is 448 g/mol. The van der Waals surface area contributed by atoms with Crippen LogP contribution in [0.1, 0.15) is 27.8 Å². The maximum absolute atomic E-state index is 13.9. The maximum atomic E-state index is 13.9. The van der Waals surface area contributed by atoms with Crippen molar-refractivity contribution in [1.29, 1.82) is 0 Å². The van der Waals surface area contributed by atoms with Crippen LogP contribution >= 0.6 is 11.6 Å². The van der Waals surface area contributed by atoms with Gasteiger partial charge >= 0.3 is 0 Å². The largest absolute Gasteiger partial charge is 0.493 e. The molecule has 0 fully saturated rings. The third kappa shape index (κ3) is 4.38. The molecule has 1 atom stereocenters. The lowest BCUT2D eigenvalue weighted by molar-refractivity contribution is -0.139. The van der Waals surface area contributed by atoms with Gasteiger partial charge in [0, 0.05) is 31.2 Å². The fourth-order valence-electron chi connectivity index (χ4n) is 5.11. The van der Waals surface area contributed by atoms with Crippen LogP contribution in [0.2, 0.25) is 5.02 Å². The minimum Gasteiger partial charge on any atom is -0.493 e. The summed E-state index contributed by atoms with van der Waals surface area (Å²) in [4.78, 5) is 18.2. The molecule has 0 bridgehead atoms. The summed E-state index contributed by atoms with van der Waals surface area (Å²) in [5.41, 5.74) is 5.90. The van der Waals surface area contributed by atoms with Gasteiger partial charge in [-0.05, 0) is 58.9 Å². The van der Waals surface area contributed by atoms with Crippen molar-refractivity contribution in [2.45, 2.75) is 38.5 Å². The molecule has 0 saturated heterocycles. The van der Waals surface area contributed by atoms with Crippen molar-refractivity contribution in [1.82, 2.24) is 9.80 Å². The molecule has 34 heavy (non-hydrogen) atoms. The van der Waals surface area contributed by atoms with Crippen molar-refractivity contribution < 1.29 is 14.3 Å². The summed E-state index contributed by atoms with van der Waals surface area (Å²) in [6, 6.07) is 20.1. The standard InChI is InChI=1S/C28H29ClN2O3/c1-33-26-14-20-11-12-30(18-23(20)15-27(26)34-2)28(32)25-13-19-7-3-4-8-21(19)16-31(25)17-22-9-5-6-10-24(22)29/h3-10,14-15,25H,11-13,16-18H2,1-2H3/t25-/m0/s1. The van der Waals surface area contributed by atoms with Crippen LogP contribution in [-0.2, 0) is 37.3 Å². The molecule has 1 amide bonds. The molecule has 2 heterocycles. The third-order valence-electron chi connectivity index (χ3n) is 6.99. The molecule has 6 heteroatoms. The number of nitrogens with zero attached hydrogens (tertiary/aromatic N) is 2. The number of fused-ring (bicyclic) bond motifs is 2. The average molecular weight is 477 g/mol. The van der Waals surface area contributed by atoms with Crippen molar-refractivity contribution >= 4 is 17.5 Å². The summed E-state index contributed by atoms with van der Waals surface area (Å²) in [6.07, 6.45) is 1.50. The van der Waals surface area contributed by atoms with E-state index < -0.39 is 0 Å². The van der Waals surface area contributed by atoms with Gasteiger partial charge < -0.3 is 14.4 Å². The van der Waals surface area contributed by atoms with Gasteiger partial charge in [0.25, 0.3) is 0 Å². The predicted octanol–water partition coefficient (Wildman–Crippen LogP) is 4.87. The highest BCUT2D eigenvalue weighted by molar-refractivity contribution is 6.31. The number of carbonyl (C=O) groups excluding carboxylic acids is 1. The van der Waals surface area contributed by atoms with Crippen molar-refractivity contribution in [3.8, 4) is 11.5 Å². The molecule has 2 aliphatic heterocycles. The minimum absolute atomic E-state index is 0.169. The molecule has 176 valence electrons. The smallest absolute Gasteiger partial charge is 0.240 e. The van der Waals surface area contributed by atoms with Crippen LogP contribution in [-0.4, -0.2) is 42.5 Å². The van der Waals surface area contributed by atoms with E-state index in [1.54, 1.807) is 14.2 Å². The van der Waals surface area contributed by atoms with E-state index in [9.17, 15) is 4.79 Å². The van der Waals surface area contributed by atoms with E-state index in [0.717, 1.165) is 34.9 Å². The Kier molecular flexibility index (Phi) is 6.48. The number of methoxy groups -OCH3 is 2. The molecule has 5 nitrogen and oxygen atoms in total. The van der Waals surface area contributed by atoms with E-state index in [4.69, 9.17) is 21.1 Å². The minimum atomic E-state index is -0.229. The molecule has 0 aromatic heterocycles. The van der Waals surface area contributed by atoms with Crippen LogP contribution in [0.15, 0.2) is 60.7 Å². The van der Waals surface area contributed by atoms with Crippen LogP contribution in [0, 0.1) is 0 Å². The maximum Gasteiger partial charge on any atom is 0.240 e. The van der Waals surface area contributed by atoms with Gasteiger partial charge in [0.1, 0.15) is 0 Å². The summed E-state index contributed by atoms with van der Waals surface area (Å²) < 4.78 is 11.0. The molecule has 0 N–H and O–H groups in total. The number of hydrogen-bond donors (Lipinski definition) is 0. The van der Waals surface area contributed by atoms with E-state index in [0.29, 0.717) is 31.8 Å². The van der Waals surface area contributed by atoms with Gasteiger partial charge in [-0.1, -0.05) is 54.1 Å². The van der Waals surface area contributed by atoms with Gasteiger partial charge in [0.2, 0.25) is 5.91 Å². The second-order valence-electron chi connectivity index (χ2n) is 8.97. The second kappa shape index (κ2) is 9.69. The van der Waals surface area contributed by atoms with E-state index in [-0.39, 0.29) is 11.9 Å². The lowest BCUT2D eigenvalue weighted by atomic mass is 9.91. The van der Waals surface area contributed by atoms with Crippen LogP contribution < -0.4 is 9.47 Å². The third-order valence-corrected chi connectivity index (χ3v) is 7.36. The van der Waals surface area contributed by atoms with E-state index in [1.807, 2.05) is 41.3 Å². The van der Waals surface area contributed by atoms with Gasteiger partial charge in [-0.25, -0.2) is 0 Å². The number of amides is 1. The summed E-state index contributed by atoms with van der Waals surface area (Å²) in [7, 11) is 3.29.